The monoisotopic (exact) mass is 502 g/mol. The van der Waals surface area contributed by atoms with Gasteiger partial charge in [0, 0.05) is 32.4 Å². The van der Waals surface area contributed by atoms with Crippen LogP contribution in [0.25, 0.3) is 10.9 Å². The molecular formula is C27H33F3N4O2. The van der Waals surface area contributed by atoms with E-state index in [0.717, 1.165) is 73.6 Å². The first kappa shape index (κ1) is 26.0. The maximum atomic E-state index is 13.1. The summed E-state index contributed by atoms with van der Waals surface area (Å²) in [5, 5.41) is 3.73. The number of aryl methyl sites for hydroxylation is 2. The Morgan fingerprint density at radius 1 is 1.11 bits per heavy atom. The molecule has 2 aromatic heterocycles. The van der Waals surface area contributed by atoms with Crippen LogP contribution in [0.3, 0.4) is 0 Å². The largest absolute Gasteiger partial charge is 0.456 e. The normalized spacial score (nSPS) is 18.4. The summed E-state index contributed by atoms with van der Waals surface area (Å²) in [6.45, 7) is 1.78. The van der Waals surface area contributed by atoms with Crippen molar-refractivity contribution in [1.82, 2.24) is 15.3 Å². The van der Waals surface area contributed by atoms with E-state index in [0.29, 0.717) is 12.5 Å². The molecule has 36 heavy (non-hydrogen) atoms. The summed E-state index contributed by atoms with van der Waals surface area (Å²) in [6, 6.07) is 9.20. The van der Waals surface area contributed by atoms with Crippen LogP contribution in [-0.4, -0.2) is 36.5 Å². The summed E-state index contributed by atoms with van der Waals surface area (Å²) >= 11 is 0. The standard InChI is InChI=1S/C27H33F3N4O2/c1-17-15-21(24(36-17)27(28,29)30)26(35)31-16-19-13-11-18(12-14-19)7-6-10-23-32-22-9-5-4-8-20(22)25(33-23)34(2)3/h4-5,8-9,15,18-19H,6-7,10-14,16H2,1-3H3,(H,31,35). The van der Waals surface area contributed by atoms with Crippen LogP contribution in [0.4, 0.5) is 19.0 Å². The van der Waals surface area contributed by atoms with Crippen molar-refractivity contribution in [1.29, 1.82) is 0 Å². The van der Waals surface area contributed by atoms with E-state index < -0.39 is 23.4 Å². The lowest BCUT2D eigenvalue weighted by atomic mass is 9.80. The Balaban J connectivity index is 1.23. The molecule has 0 saturated heterocycles. The van der Waals surface area contributed by atoms with Gasteiger partial charge in [0.05, 0.1) is 11.1 Å². The number of benzene rings is 1. The molecule has 194 valence electrons. The van der Waals surface area contributed by atoms with E-state index in [2.05, 4.69) is 5.32 Å². The maximum absolute atomic E-state index is 13.1. The second kappa shape index (κ2) is 10.9. The van der Waals surface area contributed by atoms with E-state index in [1.807, 2.05) is 43.3 Å². The number of hydrogen-bond acceptors (Lipinski definition) is 5. The van der Waals surface area contributed by atoms with E-state index in [-0.39, 0.29) is 11.7 Å². The lowest BCUT2D eigenvalue weighted by Gasteiger charge is -2.28. The first-order valence-corrected chi connectivity index (χ1v) is 12.5. The van der Waals surface area contributed by atoms with Gasteiger partial charge in [-0.2, -0.15) is 13.2 Å². The molecule has 4 rings (SSSR count). The summed E-state index contributed by atoms with van der Waals surface area (Å²) in [5.74, 6) is 0.800. The van der Waals surface area contributed by atoms with Gasteiger partial charge in [0.25, 0.3) is 5.91 Å². The number of furan rings is 1. The third-order valence-electron chi connectivity index (χ3n) is 6.94. The van der Waals surface area contributed by atoms with E-state index >= 15 is 0 Å². The highest BCUT2D eigenvalue weighted by Gasteiger charge is 2.40. The summed E-state index contributed by atoms with van der Waals surface area (Å²) in [4.78, 5) is 23.9. The number of alkyl halides is 3. The number of hydrogen-bond donors (Lipinski definition) is 1. The minimum absolute atomic E-state index is 0.0695. The quantitative estimate of drug-likeness (QED) is 0.399. The molecule has 6 nitrogen and oxygen atoms in total. The number of halogens is 3. The number of para-hydroxylation sites is 1. The van der Waals surface area contributed by atoms with Gasteiger partial charge >= 0.3 is 6.18 Å². The minimum atomic E-state index is -4.69. The highest BCUT2D eigenvalue weighted by atomic mass is 19.4. The zero-order chi connectivity index (χ0) is 25.9. The van der Waals surface area contributed by atoms with Gasteiger partial charge < -0.3 is 14.6 Å². The van der Waals surface area contributed by atoms with Gasteiger partial charge in [-0.3, -0.25) is 4.79 Å². The topological polar surface area (TPSA) is 71.3 Å². The SMILES string of the molecule is Cc1cc(C(=O)NCC2CCC(CCCc3nc(N(C)C)c4ccccc4n3)CC2)c(C(F)(F)F)o1. The smallest absolute Gasteiger partial charge is 0.450 e. The van der Waals surface area contributed by atoms with Gasteiger partial charge in [-0.25, -0.2) is 9.97 Å². The number of amides is 1. The Kier molecular flexibility index (Phi) is 7.85. The highest BCUT2D eigenvalue weighted by molar-refractivity contribution is 5.95. The third-order valence-corrected chi connectivity index (χ3v) is 6.94. The molecule has 0 aliphatic heterocycles. The molecule has 0 spiro atoms. The van der Waals surface area contributed by atoms with Crippen molar-refractivity contribution < 1.29 is 22.4 Å². The number of carbonyl (C=O) groups excluding carboxylic acids is 1. The Morgan fingerprint density at radius 3 is 2.50 bits per heavy atom. The van der Waals surface area contributed by atoms with Crippen molar-refractivity contribution in [3.8, 4) is 0 Å². The average molecular weight is 503 g/mol. The van der Waals surface area contributed by atoms with E-state index in [9.17, 15) is 18.0 Å². The molecule has 0 atom stereocenters. The van der Waals surface area contributed by atoms with Crippen LogP contribution in [0.15, 0.2) is 34.7 Å². The first-order chi connectivity index (χ1) is 17.1. The Bertz CT molecular complexity index is 1200. The second-order valence-electron chi connectivity index (χ2n) is 9.96. The Hall–Kier alpha value is -3.10. The molecule has 1 aliphatic carbocycles. The molecule has 2 heterocycles. The molecular weight excluding hydrogens is 469 g/mol. The Morgan fingerprint density at radius 2 is 1.81 bits per heavy atom. The molecule has 1 aromatic carbocycles. The van der Waals surface area contributed by atoms with Crippen LogP contribution in [-0.2, 0) is 12.6 Å². The average Bonchev–Trinajstić information content (AvgIpc) is 3.25. The van der Waals surface area contributed by atoms with Gasteiger partial charge in [0.1, 0.15) is 17.4 Å². The van der Waals surface area contributed by atoms with Crippen LogP contribution in [0.5, 0.6) is 0 Å². The number of fused-ring (bicyclic) bond motifs is 1. The molecule has 0 unspecified atom stereocenters. The van der Waals surface area contributed by atoms with Gasteiger partial charge in [0.2, 0.25) is 5.76 Å². The lowest BCUT2D eigenvalue weighted by molar-refractivity contribution is -0.153. The molecule has 1 aliphatic rings. The number of aromatic nitrogens is 2. The van der Waals surface area contributed by atoms with Crippen LogP contribution in [0.1, 0.15) is 66.2 Å². The lowest BCUT2D eigenvalue weighted by Crippen LogP contribution is -2.32. The number of nitrogens with zero attached hydrogens (tertiary/aromatic N) is 3. The van der Waals surface area contributed by atoms with Gasteiger partial charge in [-0.15, -0.1) is 0 Å². The molecule has 3 aromatic rings. The number of carbonyl (C=O) groups is 1. The fourth-order valence-electron chi connectivity index (χ4n) is 5.06. The van der Waals surface area contributed by atoms with E-state index in [1.54, 1.807) is 0 Å². The van der Waals surface area contributed by atoms with Crippen molar-refractivity contribution in [2.75, 3.05) is 25.5 Å². The number of nitrogens with one attached hydrogen (secondary N) is 1. The van der Waals surface area contributed by atoms with Crippen molar-refractivity contribution in [3.63, 3.8) is 0 Å². The fourth-order valence-corrected chi connectivity index (χ4v) is 5.06. The van der Waals surface area contributed by atoms with Crippen molar-refractivity contribution in [2.24, 2.45) is 11.8 Å². The number of rotatable bonds is 8. The predicted octanol–water partition coefficient (Wildman–Crippen LogP) is 6.18. The molecule has 1 amide bonds. The second-order valence-corrected chi connectivity index (χ2v) is 9.96. The maximum Gasteiger partial charge on any atom is 0.450 e. The first-order valence-electron chi connectivity index (χ1n) is 12.5. The van der Waals surface area contributed by atoms with Crippen LogP contribution >= 0.6 is 0 Å². The summed E-state index contributed by atoms with van der Waals surface area (Å²) in [7, 11) is 3.98. The van der Waals surface area contributed by atoms with Crippen LogP contribution < -0.4 is 10.2 Å². The third kappa shape index (κ3) is 6.17. The molecule has 9 heteroatoms. The molecule has 0 radical (unpaired) electrons. The predicted molar refractivity (Wildman–Crippen MR) is 133 cm³/mol. The van der Waals surface area contributed by atoms with E-state index in [4.69, 9.17) is 14.4 Å². The van der Waals surface area contributed by atoms with Gasteiger partial charge in [-0.1, -0.05) is 31.4 Å². The molecule has 0 bridgehead atoms. The van der Waals surface area contributed by atoms with Crippen LogP contribution in [0.2, 0.25) is 0 Å². The van der Waals surface area contributed by atoms with Crippen molar-refractivity contribution in [3.05, 3.63) is 53.2 Å². The number of anilines is 1. The zero-order valence-electron chi connectivity index (χ0n) is 21.0. The van der Waals surface area contributed by atoms with Gasteiger partial charge in [0.15, 0.2) is 0 Å². The van der Waals surface area contributed by atoms with Crippen molar-refractivity contribution >= 4 is 22.6 Å². The highest BCUT2D eigenvalue weighted by Crippen LogP contribution is 2.35. The molecule has 1 saturated carbocycles. The Labute approximate surface area is 209 Å². The molecule has 1 fully saturated rings. The fraction of sp³-hybridized carbons (Fsp3) is 0.519. The van der Waals surface area contributed by atoms with Crippen molar-refractivity contribution in [2.45, 2.75) is 58.0 Å². The van der Waals surface area contributed by atoms with Crippen LogP contribution in [0, 0.1) is 18.8 Å². The zero-order valence-corrected chi connectivity index (χ0v) is 21.0. The summed E-state index contributed by atoms with van der Waals surface area (Å²) in [6.07, 6.45) is 2.27. The summed E-state index contributed by atoms with van der Waals surface area (Å²) < 4.78 is 44.0. The van der Waals surface area contributed by atoms with Gasteiger partial charge in [-0.05, 0) is 56.2 Å². The summed E-state index contributed by atoms with van der Waals surface area (Å²) in [5.41, 5.74) is 0.517. The van der Waals surface area contributed by atoms with E-state index in [1.165, 1.54) is 6.92 Å². The molecule has 1 N–H and O–H groups in total. The minimum Gasteiger partial charge on any atom is -0.456 e.